The fourth-order valence-corrected chi connectivity index (χ4v) is 4.93. The third-order valence-corrected chi connectivity index (χ3v) is 6.53. The van der Waals surface area contributed by atoms with Gasteiger partial charge in [-0.3, -0.25) is 19.4 Å². The number of nitrogens with zero attached hydrogens (tertiary/aromatic N) is 3. The Morgan fingerprint density at radius 2 is 1.93 bits per heavy atom. The minimum Gasteiger partial charge on any atom is -0.300 e. The molecule has 0 bridgehead atoms. The van der Waals surface area contributed by atoms with Crippen LogP contribution in [0.3, 0.4) is 0 Å². The molecular formula is C22H28N4O3S. The van der Waals surface area contributed by atoms with Crippen molar-refractivity contribution in [3.8, 4) is 0 Å². The van der Waals surface area contributed by atoms with Crippen LogP contribution in [0.15, 0.2) is 42.6 Å². The van der Waals surface area contributed by atoms with E-state index in [1.54, 1.807) is 12.1 Å². The number of aryl methyl sites for hydroxylation is 1. The lowest BCUT2D eigenvalue weighted by atomic mass is 9.85. The van der Waals surface area contributed by atoms with E-state index in [1.165, 1.54) is 0 Å². The van der Waals surface area contributed by atoms with Gasteiger partial charge in [0.15, 0.2) is 5.78 Å². The second-order valence-electron chi connectivity index (χ2n) is 8.11. The standard InChI is InChI=1S/C22H28N4O3S/c1-30(28,29)24-19-7-5-17-6-8-21(22(27)20(17)16-19)26-14-12-25(13-15-26)11-9-18-4-2-3-10-23-18/h2-5,7,10,16,21,24H,6,8-9,11-15H2,1H3. The van der Waals surface area contributed by atoms with Crippen molar-refractivity contribution in [3.05, 3.63) is 59.4 Å². The number of carbonyl (C=O) groups is 1. The van der Waals surface area contributed by atoms with Gasteiger partial charge in [0, 0.05) is 62.3 Å². The number of aromatic nitrogens is 1. The monoisotopic (exact) mass is 428 g/mol. The zero-order chi connectivity index (χ0) is 21.1. The van der Waals surface area contributed by atoms with Crippen LogP contribution in [0, 0.1) is 0 Å². The van der Waals surface area contributed by atoms with Gasteiger partial charge in [-0.05, 0) is 42.7 Å². The number of pyridine rings is 1. The number of carbonyl (C=O) groups excluding carboxylic acids is 1. The fraction of sp³-hybridized carbons (Fsp3) is 0.455. The van der Waals surface area contributed by atoms with Gasteiger partial charge in [-0.15, -0.1) is 0 Å². The summed E-state index contributed by atoms with van der Waals surface area (Å²) in [6.07, 6.45) is 5.54. The summed E-state index contributed by atoms with van der Waals surface area (Å²) in [6, 6.07) is 11.2. The van der Waals surface area contributed by atoms with Gasteiger partial charge in [-0.2, -0.15) is 0 Å². The first-order valence-electron chi connectivity index (χ1n) is 10.4. The Labute approximate surface area is 178 Å². The first-order valence-corrected chi connectivity index (χ1v) is 12.3. The average Bonchev–Trinajstić information content (AvgIpc) is 2.73. The number of piperazine rings is 1. The SMILES string of the molecule is CS(=O)(=O)Nc1ccc2c(c1)C(=O)C(N1CCN(CCc3ccccn3)CC1)CC2. The molecule has 2 aromatic rings. The Morgan fingerprint density at radius 1 is 1.13 bits per heavy atom. The van der Waals surface area contributed by atoms with Gasteiger partial charge in [0.25, 0.3) is 0 Å². The second-order valence-corrected chi connectivity index (χ2v) is 9.86. The van der Waals surface area contributed by atoms with E-state index in [0.717, 1.165) is 69.5 Å². The van der Waals surface area contributed by atoms with Crippen LogP contribution in [0.1, 0.15) is 28.0 Å². The lowest BCUT2D eigenvalue weighted by molar-refractivity contribution is 0.0633. The topological polar surface area (TPSA) is 82.6 Å². The number of sulfonamides is 1. The van der Waals surface area contributed by atoms with Crippen molar-refractivity contribution in [2.24, 2.45) is 0 Å². The number of benzene rings is 1. The molecule has 1 unspecified atom stereocenters. The molecule has 8 heteroatoms. The highest BCUT2D eigenvalue weighted by Crippen LogP contribution is 2.28. The Hall–Kier alpha value is -2.29. The quantitative estimate of drug-likeness (QED) is 0.756. The van der Waals surface area contributed by atoms with E-state index >= 15 is 0 Å². The van der Waals surface area contributed by atoms with E-state index in [9.17, 15) is 13.2 Å². The summed E-state index contributed by atoms with van der Waals surface area (Å²) < 4.78 is 25.5. The van der Waals surface area contributed by atoms with E-state index in [-0.39, 0.29) is 11.8 Å². The molecule has 0 saturated carbocycles. The molecule has 1 aromatic carbocycles. The van der Waals surface area contributed by atoms with Crippen molar-refractivity contribution in [1.82, 2.24) is 14.8 Å². The Balaban J connectivity index is 1.36. The van der Waals surface area contributed by atoms with Gasteiger partial charge in [0.2, 0.25) is 10.0 Å². The molecule has 0 spiro atoms. The van der Waals surface area contributed by atoms with Gasteiger partial charge in [0.05, 0.1) is 12.3 Å². The molecule has 160 valence electrons. The lowest BCUT2D eigenvalue weighted by Gasteiger charge is -2.40. The predicted molar refractivity (Wildman–Crippen MR) is 117 cm³/mol. The summed E-state index contributed by atoms with van der Waals surface area (Å²) in [4.78, 5) is 22.3. The first kappa shape index (κ1) is 21.0. The van der Waals surface area contributed by atoms with Crippen LogP contribution >= 0.6 is 0 Å². The normalized spacial score (nSPS) is 20.7. The second kappa shape index (κ2) is 8.83. The van der Waals surface area contributed by atoms with E-state index in [2.05, 4.69) is 25.6 Å². The Morgan fingerprint density at radius 3 is 2.63 bits per heavy atom. The summed E-state index contributed by atoms with van der Waals surface area (Å²) in [7, 11) is -3.37. The maximum Gasteiger partial charge on any atom is 0.229 e. The Bertz CT molecular complexity index is 1000. The Kier molecular flexibility index (Phi) is 6.17. The first-order chi connectivity index (χ1) is 14.4. The maximum atomic E-state index is 13.2. The van der Waals surface area contributed by atoms with Crippen LogP contribution in [0.4, 0.5) is 5.69 Å². The molecule has 30 heavy (non-hydrogen) atoms. The zero-order valence-electron chi connectivity index (χ0n) is 17.3. The fourth-order valence-electron chi connectivity index (χ4n) is 4.37. The molecule has 1 aliphatic heterocycles. The van der Waals surface area contributed by atoms with Crippen LogP contribution in [-0.4, -0.2) is 74.0 Å². The van der Waals surface area contributed by atoms with Crippen LogP contribution < -0.4 is 4.72 Å². The van der Waals surface area contributed by atoms with Crippen molar-refractivity contribution < 1.29 is 13.2 Å². The molecule has 0 amide bonds. The smallest absolute Gasteiger partial charge is 0.229 e. The van der Waals surface area contributed by atoms with Crippen molar-refractivity contribution >= 4 is 21.5 Å². The van der Waals surface area contributed by atoms with Crippen molar-refractivity contribution in [1.29, 1.82) is 0 Å². The third-order valence-electron chi connectivity index (χ3n) is 5.93. The predicted octanol–water partition coefficient (Wildman–Crippen LogP) is 1.81. The van der Waals surface area contributed by atoms with E-state index in [4.69, 9.17) is 0 Å². The number of anilines is 1. The molecular weight excluding hydrogens is 400 g/mol. The molecule has 0 radical (unpaired) electrons. The number of hydrogen-bond acceptors (Lipinski definition) is 6. The molecule has 4 rings (SSSR count). The summed E-state index contributed by atoms with van der Waals surface area (Å²) in [5.41, 5.74) is 3.21. The molecule has 2 aliphatic rings. The number of fused-ring (bicyclic) bond motifs is 1. The number of Topliss-reactive ketones (excluding diaryl/α,β-unsaturated/α-hetero) is 1. The van der Waals surface area contributed by atoms with Crippen LogP contribution in [0.2, 0.25) is 0 Å². The van der Waals surface area contributed by atoms with Crippen LogP contribution in [0.5, 0.6) is 0 Å². The van der Waals surface area contributed by atoms with Crippen LogP contribution in [0.25, 0.3) is 0 Å². The molecule has 1 fully saturated rings. The van der Waals surface area contributed by atoms with Crippen LogP contribution in [-0.2, 0) is 22.9 Å². The van der Waals surface area contributed by atoms with Crippen molar-refractivity contribution in [2.45, 2.75) is 25.3 Å². The average molecular weight is 429 g/mol. The molecule has 1 saturated heterocycles. The summed E-state index contributed by atoms with van der Waals surface area (Å²) in [5.74, 6) is 0.107. The number of nitrogens with one attached hydrogen (secondary N) is 1. The highest BCUT2D eigenvalue weighted by atomic mass is 32.2. The molecule has 1 atom stereocenters. The summed E-state index contributed by atoms with van der Waals surface area (Å²) >= 11 is 0. The third kappa shape index (κ3) is 5.06. The number of rotatable bonds is 6. The lowest BCUT2D eigenvalue weighted by Crippen LogP contribution is -2.53. The highest BCUT2D eigenvalue weighted by molar-refractivity contribution is 7.92. The minimum atomic E-state index is -3.37. The largest absolute Gasteiger partial charge is 0.300 e. The van der Waals surface area contributed by atoms with Gasteiger partial charge < -0.3 is 4.90 Å². The van der Waals surface area contributed by atoms with Crippen molar-refractivity contribution in [3.63, 3.8) is 0 Å². The van der Waals surface area contributed by atoms with Gasteiger partial charge in [-0.1, -0.05) is 12.1 Å². The van der Waals surface area contributed by atoms with E-state index in [0.29, 0.717) is 11.3 Å². The molecule has 1 aromatic heterocycles. The van der Waals surface area contributed by atoms with Gasteiger partial charge >= 0.3 is 0 Å². The van der Waals surface area contributed by atoms with Crippen molar-refractivity contribution in [2.75, 3.05) is 43.7 Å². The highest BCUT2D eigenvalue weighted by Gasteiger charge is 2.33. The van der Waals surface area contributed by atoms with E-state index in [1.807, 2.05) is 24.4 Å². The maximum absolute atomic E-state index is 13.2. The number of ketones is 1. The molecule has 7 nitrogen and oxygen atoms in total. The molecule has 1 N–H and O–H groups in total. The van der Waals surface area contributed by atoms with Gasteiger partial charge in [-0.25, -0.2) is 8.42 Å². The van der Waals surface area contributed by atoms with E-state index < -0.39 is 10.0 Å². The molecule has 1 aliphatic carbocycles. The van der Waals surface area contributed by atoms with Gasteiger partial charge in [0.1, 0.15) is 0 Å². The minimum absolute atomic E-state index is 0.107. The molecule has 2 heterocycles. The summed E-state index contributed by atoms with van der Waals surface area (Å²) in [5, 5.41) is 0. The number of hydrogen-bond donors (Lipinski definition) is 1. The summed E-state index contributed by atoms with van der Waals surface area (Å²) in [6.45, 7) is 4.61. The zero-order valence-corrected chi connectivity index (χ0v) is 18.1.